The van der Waals surface area contributed by atoms with Gasteiger partial charge in [-0.15, -0.1) is 0 Å². The number of nitrogens with zero attached hydrogens (tertiary/aromatic N) is 2. The fourth-order valence-electron chi connectivity index (χ4n) is 4.57. The summed E-state index contributed by atoms with van der Waals surface area (Å²) in [5, 5.41) is 4.84. The molecule has 0 unspecified atom stereocenters. The first-order valence-electron chi connectivity index (χ1n) is 10.3. The number of pyridine rings is 1. The Morgan fingerprint density at radius 3 is 2.48 bits per heavy atom. The van der Waals surface area contributed by atoms with Crippen LogP contribution in [0.5, 0.6) is 0 Å². The third kappa shape index (κ3) is 4.08. The predicted octanol–water partition coefficient (Wildman–Crippen LogP) is 3.53. The van der Waals surface area contributed by atoms with Gasteiger partial charge < -0.3 is 16.0 Å². The number of carbonyl (C=O) groups is 1. The molecule has 0 radical (unpaired) electrons. The number of hydrogen-bond donors (Lipinski definition) is 2. The highest BCUT2D eigenvalue weighted by Gasteiger charge is 2.26. The largest absolute Gasteiger partial charge is 0.365 e. The van der Waals surface area contributed by atoms with E-state index in [-0.39, 0.29) is 0 Å². The van der Waals surface area contributed by atoms with Crippen LogP contribution in [0.1, 0.15) is 60.9 Å². The summed E-state index contributed by atoms with van der Waals surface area (Å²) < 4.78 is 0. The van der Waals surface area contributed by atoms with Crippen LogP contribution in [0.4, 0.5) is 5.82 Å². The molecule has 1 amide bonds. The van der Waals surface area contributed by atoms with Gasteiger partial charge in [0.2, 0.25) is 0 Å². The second kappa shape index (κ2) is 7.85. The molecule has 5 nitrogen and oxygen atoms in total. The second-order valence-corrected chi connectivity index (χ2v) is 8.18. The third-order valence-corrected chi connectivity index (χ3v) is 6.09. The fourth-order valence-corrected chi connectivity index (χ4v) is 4.57. The summed E-state index contributed by atoms with van der Waals surface area (Å²) in [5.41, 5.74) is 8.29. The Kier molecular flexibility index (Phi) is 5.30. The van der Waals surface area contributed by atoms with E-state index in [9.17, 15) is 4.79 Å². The molecule has 0 bridgehead atoms. The Morgan fingerprint density at radius 1 is 1.07 bits per heavy atom. The molecule has 2 fully saturated rings. The van der Waals surface area contributed by atoms with Gasteiger partial charge in [-0.3, -0.25) is 4.79 Å². The summed E-state index contributed by atoms with van der Waals surface area (Å²) in [6.45, 7) is 3.87. The topological polar surface area (TPSA) is 71.2 Å². The van der Waals surface area contributed by atoms with Gasteiger partial charge in [-0.2, -0.15) is 0 Å². The third-order valence-electron chi connectivity index (χ3n) is 6.09. The maximum atomic E-state index is 12.1. The normalized spacial score (nSPS) is 19.5. The molecular weight excluding hydrogens is 336 g/mol. The van der Waals surface area contributed by atoms with Crippen LogP contribution in [0, 0.1) is 6.92 Å². The molecule has 27 heavy (non-hydrogen) atoms. The highest BCUT2D eigenvalue weighted by Crippen LogP contribution is 2.27. The van der Waals surface area contributed by atoms with E-state index in [1.807, 2.05) is 19.1 Å². The molecule has 1 aliphatic heterocycles. The monoisotopic (exact) mass is 366 g/mol. The lowest BCUT2D eigenvalue weighted by molar-refractivity contribution is 0.100. The van der Waals surface area contributed by atoms with Gasteiger partial charge in [0.15, 0.2) is 0 Å². The average molecular weight is 367 g/mol. The molecule has 4 rings (SSSR count). The lowest BCUT2D eigenvalue weighted by Gasteiger charge is -2.36. The molecule has 1 saturated heterocycles. The number of primary amides is 1. The van der Waals surface area contributed by atoms with Crippen LogP contribution in [-0.4, -0.2) is 36.1 Å². The molecule has 144 valence electrons. The van der Waals surface area contributed by atoms with Gasteiger partial charge in [-0.1, -0.05) is 30.9 Å². The van der Waals surface area contributed by atoms with Crippen LogP contribution in [0.15, 0.2) is 24.3 Å². The second-order valence-electron chi connectivity index (χ2n) is 8.18. The van der Waals surface area contributed by atoms with Gasteiger partial charge in [0.05, 0.1) is 11.1 Å². The minimum Gasteiger partial charge on any atom is -0.365 e. The number of nitrogens with one attached hydrogen (secondary N) is 1. The van der Waals surface area contributed by atoms with Crippen LogP contribution >= 0.6 is 0 Å². The molecule has 0 atom stereocenters. The molecule has 2 aromatic rings. The first-order chi connectivity index (χ1) is 13.1. The Hall–Kier alpha value is -2.14. The van der Waals surface area contributed by atoms with E-state index >= 15 is 0 Å². The number of amides is 1. The Balaban J connectivity index is 1.50. The van der Waals surface area contributed by atoms with E-state index < -0.39 is 5.91 Å². The van der Waals surface area contributed by atoms with Crippen LogP contribution < -0.4 is 16.0 Å². The number of hydrogen-bond acceptors (Lipinski definition) is 4. The molecule has 3 N–H and O–H groups in total. The van der Waals surface area contributed by atoms with Crippen molar-refractivity contribution in [3.63, 3.8) is 0 Å². The molecule has 2 aliphatic rings. The quantitative estimate of drug-likeness (QED) is 0.868. The summed E-state index contributed by atoms with van der Waals surface area (Å²) in [6.07, 6.45) is 8.91. The van der Waals surface area contributed by atoms with Crippen molar-refractivity contribution in [3.05, 3.63) is 35.4 Å². The average Bonchev–Trinajstić information content (AvgIpc) is 2.68. The number of aryl methyl sites for hydroxylation is 1. The maximum absolute atomic E-state index is 12.1. The van der Waals surface area contributed by atoms with Crippen LogP contribution in [0.2, 0.25) is 0 Å². The van der Waals surface area contributed by atoms with Crippen LogP contribution in [0.3, 0.4) is 0 Å². The van der Waals surface area contributed by atoms with E-state index in [4.69, 9.17) is 10.7 Å². The molecule has 5 heteroatoms. The lowest BCUT2D eigenvalue weighted by Crippen LogP contribution is -2.47. The van der Waals surface area contributed by atoms with Gasteiger partial charge in [-0.25, -0.2) is 4.98 Å². The van der Waals surface area contributed by atoms with E-state index in [2.05, 4.69) is 22.3 Å². The molecule has 1 aromatic heterocycles. The number of fused-ring (bicyclic) bond motifs is 1. The van der Waals surface area contributed by atoms with Crippen molar-refractivity contribution in [1.82, 2.24) is 10.3 Å². The van der Waals surface area contributed by atoms with Crippen LogP contribution in [0.25, 0.3) is 10.9 Å². The van der Waals surface area contributed by atoms with E-state index in [1.54, 1.807) is 0 Å². The van der Waals surface area contributed by atoms with Crippen molar-refractivity contribution in [2.45, 2.75) is 64.0 Å². The molecule has 1 aliphatic carbocycles. The first-order valence-corrected chi connectivity index (χ1v) is 10.3. The van der Waals surface area contributed by atoms with Crippen molar-refractivity contribution in [2.24, 2.45) is 5.73 Å². The Labute approximate surface area is 161 Å². The summed E-state index contributed by atoms with van der Waals surface area (Å²) >= 11 is 0. The molecule has 1 saturated carbocycles. The Bertz CT molecular complexity index is 820. The number of rotatable bonds is 4. The van der Waals surface area contributed by atoms with Gasteiger partial charge >= 0.3 is 0 Å². The molecule has 0 spiro atoms. The van der Waals surface area contributed by atoms with Gasteiger partial charge in [0.25, 0.3) is 5.91 Å². The smallest absolute Gasteiger partial charge is 0.252 e. The predicted molar refractivity (Wildman–Crippen MR) is 110 cm³/mol. The van der Waals surface area contributed by atoms with Crippen molar-refractivity contribution >= 4 is 22.6 Å². The number of nitrogens with two attached hydrogens (primary N) is 1. The number of piperidine rings is 1. The Morgan fingerprint density at radius 2 is 1.78 bits per heavy atom. The van der Waals surface area contributed by atoms with E-state index in [0.717, 1.165) is 48.2 Å². The van der Waals surface area contributed by atoms with Gasteiger partial charge in [0, 0.05) is 30.6 Å². The highest BCUT2D eigenvalue weighted by atomic mass is 16.1. The van der Waals surface area contributed by atoms with E-state index in [1.165, 1.54) is 32.1 Å². The number of aromatic nitrogens is 1. The summed E-state index contributed by atoms with van der Waals surface area (Å²) in [6, 6.07) is 9.31. The SMILES string of the molecule is Cc1ccc2nc(N3CCC(NC4CCCCC4)CC3)c(C(N)=O)cc2c1. The standard InChI is InChI=1S/C22H30N4O/c1-15-7-8-20-16(13-15)14-19(21(23)27)22(25-20)26-11-9-18(10-12-26)24-17-5-3-2-4-6-17/h7-8,13-14,17-18,24H,2-6,9-12H2,1H3,(H2,23,27). The summed E-state index contributed by atoms with van der Waals surface area (Å²) in [5.74, 6) is 0.346. The molecular formula is C22H30N4O. The fraction of sp³-hybridized carbons (Fsp3) is 0.545. The summed E-state index contributed by atoms with van der Waals surface area (Å²) in [4.78, 5) is 19.1. The van der Waals surface area contributed by atoms with Gasteiger partial charge in [-0.05, 0) is 50.8 Å². The van der Waals surface area contributed by atoms with Crippen molar-refractivity contribution in [2.75, 3.05) is 18.0 Å². The summed E-state index contributed by atoms with van der Waals surface area (Å²) in [7, 11) is 0. The van der Waals surface area contributed by atoms with Gasteiger partial charge in [0.1, 0.15) is 5.82 Å². The minimum atomic E-state index is -0.400. The van der Waals surface area contributed by atoms with E-state index in [0.29, 0.717) is 17.6 Å². The number of anilines is 1. The first kappa shape index (κ1) is 18.2. The zero-order valence-corrected chi connectivity index (χ0v) is 16.2. The highest BCUT2D eigenvalue weighted by molar-refractivity contribution is 6.01. The van der Waals surface area contributed by atoms with Crippen molar-refractivity contribution in [3.8, 4) is 0 Å². The van der Waals surface area contributed by atoms with Crippen molar-refractivity contribution in [1.29, 1.82) is 0 Å². The zero-order valence-electron chi connectivity index (χ0n) is 16.2. The molecule has 2 heterocycles. The number of carbonyl (C=O) groups excluding carboxylic acids is 1. The minimum absolute atomic E-state index is 0.400. The van der Waals surface area contributed by atoms with Crippen LogP contribution in [-0.2, 0) is 0 Å². The number of benzene rings is 1. The van der Waals surface area contributed by atoms with Crippen molar-refractivity contribution < 1.29 is 4.79 Å². The maximum Gasteiger partial charge on any atom is 0.252 e. The molecule has 1 aromatic carbocycles. The lowest BCUT2D eigenvalue weighted by atomic mass is 9.93. The zero-order chi connectivity index (χ0) is 18.8.